The zero-order valence-corrected chi connectivity index (χ0v) is 18.0. The Balaban J connectivity index is 2.14. The summed E-state index contributed by atoms with van der Waals surface area (Å²) in [7, 11) is 1.85. The Morgan fingerprint density at radius 3 is 2.21 bits per heavy atom. The smallest absolute Gasteiger partial charge is 0.264 e. The molecule has 0 aromatic heterocycles. The molecule has 6 nitrogen and oxygen atoms in total. The van der Waals surface area contributed by atoms with E-state index in [1.54, 1.807) is 49.4 Å². The largest absolute Gasteiger partial charge is 0.352 e. The molecule has 2 rings (SSSR count). The van der Waals surface area contributed by atoms with Crippen LogP contribution < -0.4 is 9.62 Å². The zero-order valence-electron chi connectivity index (χ0n) is 17.2. The lowest BCUT2D eigenvalue weighted by molar-refractivity contribution is 0.0952. The van der Waals surface area contributed by atoms with E-state index in [4.69, 9.17) is 0 Å². The highest BCUT2D eigenvalue weighted by molar-refractivity contribution is 7.92. The molecule has 152 valence electrons. The van der Waals surface area contributed by atoms with Crippen molar-refractivity contribution in [1.82, 2.24) is 10.2 Å². The molecule has 0 saturated heterocycles. The van der Waals surface area contributed by atoms with Crippen molar-refractivity contribution in [3.8, 4) is 0 Å². The number of rotatable bonds is 8. The van der Waals surface area contributed by atoms with Gasteiger partial charge in [0.2, 0.25) is 0 Å². The number of hydrogen-bond donors (Lipinski definition) is 1. The van der Waals surface area contributed by atoms with Gasteiger partial charge in [0.1, 0.15) is 0 Å². The van der Waals surface area contributed by atoms with Crippen molar-refractivity contribution < 1.29 is 13.2 Å². The second-order valence-corrected chi connectivity index (χ2v) is 9.17. The number of carbonyl (C=O) groups excluding carboxylic acids is 1. The van der Waals surface area contributed by atoms with Gasteiger partial charge in [-0.05, 0) is 76.8 Å². The molecular formula is C21H29N3O3S. The molecule has 0 atom stereocenters. The van der Waals surface area contributed by atoms with Gasteiger partial charge in [0.25, 0.3) is 15.9 Å². The number of amides is 1. The van der Waals surface area contributed by atoms with Crippen LogP contribution in [0.3, 0.4) is 0 Å². The van der Waals surface area contributed by atoms with E-state index in [9.17, 15) is 13.2 Å². The van der Waals surface area contributed by atoms with E-state index in [1.165, 1.54) is 11.4 Å². The molecule has 0 spiro atoms. The number of aryl methyl sites for hydroxylation is 2. The molecule has 28 heavy (non-hydrogen) atoms. The van der Waals surface area contributed by atoms with Gasteiger partial charge in [0.15, 0.2) is 0 Å². The lowest BCUT2D eigenvalue weighted by atomic mass is 10.1. The highest BCUT2D eigenvalue weighted by atomic mass is 32.2. The van der Waals surface area contributed by atoms with Gasteiger partial charge in [-0.25, -0.2) is 8.42 Å². The minimum atomic E-state index is -3.66. The van der Waals surface area contributed by atoms with Gasteiger partial charge in [-0.15, -0.1) is 0 Å². The van der Waals surface area contributed by atoms with Gasteiger partial charge in [0, 0.05) is 19.2 Å². The van der Waals surface area contributed by atoms with Crippen LogP contribution in [0, 0.1) is 13.8 Å². The maximum Gasteiger partial charge on any atom is 0.264 e. The maximum atomic E-state index is 12.9. The Morgan fingerprint density at radius 1 is 1.00 bits per heavy atom. The predicted octanol–water partition coefficient (Wildman–Crippen LogP) is 2.81. The topological polar surface area (TPSA) is 69.7 Å². The maximum absolute atomic E-state index is 12.9. The van der Waals surface area contributed by atoms with Gasteiger partial charge < -0.3 is 10.2 Å². The number of hydrogen-bond acceptors (Lipinski definition) is 4. The fourth-order valence-corrected chi connectivity index (χ4v) is 4.11. The first-order valence-corrected chi connectivity index (χ1v) is 10.7. The van der Waals surface area contributed by atoms with Crippen LogP contribution in [0.15, 0.2) is 47.4 Å². The van der Waals surface area contributed by atoms with Crippen molar-refractivity contribution in [2.45, 2.75) is 25.2 Å². The molecule has 0 fully saturated rings. The SMILES string of the molecule is Cc1ccc(S(=O)(=O)N(C)c2ccc(C(=O)NCCCN(C)C)cc2C)cc1. The molecule has 0 radical (unpaired) electrons. The predicted molar refractivity (Wildman–Crippen MR) is 113 cm³/mol. The van der Waals surface area contributed by atoms with Gasteiger partial charge in [0.05, 0.1) is 10.6 Å². The number of carbonyl (C=O) groups is 1. The summed E-state index contributed by atoms with van der Waals surface area (Å²) in [5.41, 5.74) is 2.79. The highest BCUT2D eigenvalue weighted by Gasteiger charge is 2.22. The quantitative estimate of drug-likeness (QED) is 0.688. The lowest BCUT2D eigenvalue weighted by Gasteiger charge is -2.22. The molecule has 0 aliphatic carbocycles. The number of sulfonamides is 1. The fourth-order valence-electron chi connectivity index (χ4n) is 2.85. The van der Waals surface area contributed by atoms with Gasteiger partial charge in [-0.2, -0.15) is 0 Å². The summed E-state index contributed by atoms with van der Waals surface area (Å²) >= 11 is 0. The number of benzene rings is 2. The Hall–Kier alpha value is -2.38. The minimum absolute atomic E-state index is 0.155. The molecule has 0 unspecified atom stereocenters. The molecule has 0 aliphatic heterocycles. The molecule has 0 aliphatic rings. The third-order valence-corrected chi connectivity index (χ3v) is 6.33. The van der Waals surface area contributed by atoms with Crippen LogP contribution in [-0.2, 0) is 10.0 Å². The lowest BCUT2D eigenvalue weighted by Crippen LogP contribution is -2.28. The third kappa shape index (κ3) is 5.33. The van der Waals surface area contributed by atoms with Crippen LogP contribution in [-0.4, -0.2) is 53.5 Å². The normalized spacial score (nSPS) is 11.5. The van der Waals surface area contributed by atoms with Crippen molar-refractivity contribution in [3.63, 3.8) is 0 Å². The fraction of sp³-hybridized carbons (Fsp3) is 0.381. The highest BCUT2D eigenvalue weighted by Crippen LogP contribution is 2.26. The molecule has 0 heterocycles. The summed E-state index contributed by atoms with van der Waals surface area (Å²) < 4.78 is 27.0. The Labute approximate surface area is 168 Å². The Kier molecular flexibility index (Phi) is 7.21. The summed E-state index contributed by atoms with van der Waals surface area (Å²) in [6, 6.07) is 11.8. The summed E-state index contributed by atoms with van der Waals surface area (Å²) in [6.07, 6.45) is 0.868. The number of nitrogens with zero attached hydrogens (tertiary/aromatic N) is 2. The summed E-state index contributed by atoms with van der Waals surface area (Å²) in [5, 5.41) is 2.89. The van der Waals surface area contributed by atoms with Crippen LogP contribution in [0.4, 0.5) is 5.69 Å². The van der Waals surface area contributed by atoms with E-state index in [2.05, 4.69) is 10.2 Å². The van der Waals surface area contributed by atoms with E-state index >= 15 is 0 Å². The van der Waals surface area contributed by atoms with Crippen molar-refractivity contribution in [1.29, 1.82) is 0 Å². The average molecular weight is 404 g/mol. The van der Waals surface area contributed by atoms with E-state index in [-0.39, 0.29) is 10.8 Å². The van der Waals surface area contributed by atoms with Crippen molar-refractivity contribution in [2.24, 2.45) is 0 Å². The standard InChI is InChI=1S/C21H29N3O3S/c1-16-7-10-19(11-8-16)28(26,27)24(5)20-12-9-18(15-17(20)2)21(25)22-13-6-14-23(3)4/h7-12,15H,6,13-14H2,1-5H3,(H,22,25). The Bertz CT molecular complexity index is 922. The van der Waals surface area contributed by atoms with E-state index in [0.29, 0.717) is 17.8 Å². The van der Waals surface area contributed by atoms with E-state index in [0.717, 1.165) is 24.1 Å². The third-order valence-electron chi connectivity index (χ3n) is 4.55. The van der Waals surface area contributed by atoms with Crippen molar-refractivity contribution in [2.75, 3.05) is 38.5 Å². The van der Waals surface area contributed by atoms with Crippen molar-refractivity contribution in [3.05, 3.63) is 59.2 Å². The van der Waals surface area contributed by atoms with Crippen LogP contribution in [0.2, 0.25) is 0 Å². The van der Waals surface area contributed by atoms with E-state index < -0.39 is 10.0 Å². The van der Waals surface area contributed by atoms with Crippen LogP contribution in [0.1, 0.15) is 27.9 Å². The first kappa shape index (κ1) is 21.9. The summed E-state index contributed by atoms with van der Waals surface area (Å²) in [4.78, 5) is 14.6. The second kappa shape index (κ2) is 9.21. The van der Waals surface area contributed by atoms with Gasteiger partial charge in [-0.1, -0.05) is 17.7 Å². The molecule has 2 aromatic carbocycles. The number of nitrogens with one attached hydrogen (secondary N) is 1. The van der Waals surface area contributed by atoms with Crippen LogP contribution in [0.25, 0.3) is 0 Å². The average Bonchev–Trinajstić information content (AvgIpc) is 2.64. The molecule has 0 saturated carbocycles. The van der Waals surface area contributed by atoms with Gasteiger partial charge in [-0.3, -0.25) is 9.10 Å². The van der Waals surface area contributed by atoms with E-state index in [1.807, 2.05) is 21.0 Å². The zero-order chi connectivity index (χ0) is 20.9. The summed E-state index contributed by atoms with van der Waals surface area (Å²) in [6.45, 7) is 5.22. The molecule has 0 bridgehead atoms. The Morgan fingerprint density at radius 2 is 1.64 bits per heavy atom. The van der Waals surface area contributed by atoms with Crippen molar-refractivity contribution >= 4 is 21.6 Å². The molecule has 1 N–H and O–H groups in total. The number of anilines is 1. The van der Waals surface area contributed by atoms with Crippen LogP contribution >= 0.6 is 0 Å². The summed E-state index contributed by atoms with van der Waals surface area (Å²) in [5.74, 6) is -0.155. The molecule has 1 amide bonds. The second-order valence-electron chi connectivity index (χ2n) is 7.20. The molecule has 2 aromatic rings. The van der Waals surface area contributed by atoms with Gasteiger partial charge >= 0.3 is 0 Å². The minimum Gasteiger partial charge on any atom is -0.352 e. The monoisotopic (exact) mass is 403 g/mol. The first-order chi connectivity index (χ1) is 13.1. The molecular weight excluding hydrogens is 374 g/mol. The van der Waals surface area contributed by atoms with Crippen LogP contribution in [0.5, 0.6) is 0 Å². The first-order valence-electron chi connectivity index (χ1n) is 9.22. The molecule has 7 heteroatoms.